The maximum atomic E-state index is 13.0. The molecule has 0 fully saturated rings. The van der Waals surface area contributed by atoms with Gasteiger partial charge in [0.1, 0.15) is 17.3 Å². The third kappa shape index (κ3) is 3.20. The first kappa shape index (κ1) is 14.6. The summed E-state index contributed by atoms with van der Waals surface area (Å²) in [6, 6.07) is 8.73. The third-order valence-electron chi connectivity index (χ3n) is 2.44. The standard InChI is InChI=1S/C13H9BrClFN2O2/c14-7-1-3-11(9(5-7)13(17)18-19)20-12-4-2-8(16)6-10(12)15/h1-6,19H,(H2,17,18). The quantitative estimate of drug-likeness (QED) is 0.375. The highest BCUT2D eigenvalue weighted by Crippen LogP contribution is 2.32. The summed E-state index contributed by atoms with van der Waals surface area (Å²) in [5, 5.41) is 11.8. The van der Waals surface area contributed by atoms with Gasteiger partial charge in [-0.2, -0.15) is 0 Å². The average Bonchev–Trinajstić information content (AvgIpc) is 2.42. The summed E-state index contributed by atoms with van der Waals surface area (Å²) in [5.74, 6) is 0.0220. The van der Waals surface area contributed by atoms with E-state index in [1.54, 1.807) is 18.2 Å². The molecule has 0 saturated heterocycles. The second-order valence-corrected chi connectivity index (χ2v) is 5.13. The molecule has 20 heavy (non-hydrogen) atoms. The number of ether oxygens (including phenoxy) is 1. The molecule has 0 aliphatic rings. The molecule has 0 aromatic heterocycles. The van der Waals surface area contributed by atoms with Crippen molar-refractivity contribution in [2.45, 2.75) is 0 Å². The highest BCUT2D eigenvalue weighted by atomic mass is 79.9. The molecule has 0 saturated carbocycles. The van der Waals surface area contributed by atoms with Gasteiger partial charge in [-0.25, -0.2) is 4.39 Å². The molecule has 0 unspecified atom stereocenters. The van der Waals surface area contributed by atoms with Crippen LogP contribution in [0.1, 0.15) is 5.56 Å². The molecule has 7 heteroatoms. The van der Waals surface area contributed by atoms with Crippen molar-refractivity contribution in [1.82, 2.24) is 0 Å². The predicted octanol–water partition coefficient (Wildman–Crippen LogP) is 4.13. The molecular weight excluding hydrogens is 351 g/mol. The molecule has 4 nitrogen and oxygen atoms in total. The van der Waals surface area contributed by atoms with Crippen LogP contribution in [0.3, 0.4) is 0 Å². The molecule has 0 heterocycles. The molecule has 0 atom stereocenters. The van der Waals surface area contributed by atoms with Crippen molar-refractivity contribution >= 4 is 33.4 Å². The molecule has 2 aromatic rings. The Balaban J connectivity index is 2.43. The maximum Gasteiger partial charge on any atom is 0.173 e. The molecule has 0 bridgehead atoms. The van der Waals surface area contributed by atoms with Crippen molar-refractivity contribution < 1.29 is 14.3 Å². The van der Waals surface area contributed by atoms with Gasteiger partial charge in [0.2, 0.25) is 0 Å². The van der Waals surface area contributed by atoms with Crippen molar-refractivity contribution in [3.8, 4) is 11.5 Å². The summed E-state index contributed by atoms with van der Waals surface area (Å²) < 4.78 is 19.3. The monoisotopic (exact) mass is 358 g/mol. The highest BCUT2D eigenvalue weighted by Gasteiger charge is 2.12. The van der Waals surface area contributed by atoms with Gasteiger partial charge in [-0.15, -0.1) is 0 Å². The van der Waals surface area contributed by atoms with Crippen molar-refractivity contribution in [1.29, 1.82) is 0 Å². The molecule has 0 aliphatic carbocycles. The van der Waals surface area contributed by atoms with E-state index in [2.05, 4.69) is 21.1 Å². The number of amidine groups is 1. The molecule has 3 N–H and O–H groups in total. The van der Waals surface area contributed by atoms with E-state index in [-0.39, 0.29) is 16.6 Å². The van der Waals surface area contributed by atoms with Gasteiger partial charge in [0.15, 0.2) is 5.84 Å². The van der Waals surface area contributed by atoms with Gasteiger partial charge in [-0.3, -0.25) is 0 Å². The largest absolute Gasteiger partial charge is 0.455 e. The fourth-order valence-corrected chi connectivity index (χ4v) is 2.09. The summed E-state index contributed by atoms with van der Waals surface area (Å²) in [4.78, 5) is 0. The Morgan fingerprint density at radius 1 is 1.25 bits per heavy atom. The van der Waals surface area contributed by atoms with Crippen LogP contribution in [0.4, 0.5) is 4.39 Å². The van der Waals surface area contributed by atoms with Crippen molar-refractivity contribution in [2.24, 2.45) is 10.9 Å². The van der Waals surface area contributed by atoms with Gasteiger partial charge in [-0.05, 0) is 36.4 Å². The van der Waals surface area contributed by atoms with Crippen molar-refractivity contribution in [3.05, 3.63) is 57.3 Å². The molecule has 2 aromatic carbocycles. The van der Waals surface area contributed by atoms with Gasteiger partial charge < -0.3 is 15.7 Å². The molecular formula is C13H9BrClFN2O2. The molecule has 0 amide bonds. The van der Waals surface area contributed by atoms with Crippen LogP contribution in [0.15, 0.2) is 46.0 Å². The minimum Gasteiger partial charge on any atom is -0.455 e. The van der Waals surface area contributed by atoms with Crippen molar-refractivity contribution in [3.63, 3.8) is 0 Å². The van der Waals surface area contributed by atoms with Crippen LogP contribution >= 0.6 is 27.5 Å². The number of nitrogens with zero attached hydrogens (tertiary/aromatic N) is 1. The van der Waals surface area contributed by atoms with E-state index in [9.17, 15) is 4.39 Å². The summed E-state index contributed by atoms with van der Waals surface area (Å²) in [5.41, 5.74) is 5.96. The van der Waals surface area contributed by atoms with E-state index in [1.807, 2.05) is 0 Å². The summed E-state index contributed by atoms with van der Waals surface area (Å²) in [7, 11) is 0. The first-order chi connectivity index (χ1) is 9.51. The molecule has 2 rings (SSSR count). The first-order valence-corrected chi connectivity index (χ1v) is 6.58. The lowest BCUT2D eigenvalue weighted by Gasteiger charge is -2.12. The minimum absolute atomic E-state index is 0.112. The number of rotatable bonds is 3. The second-order valence-electron chi connectivity index (χ2n) is 3.80. The first-order valence-electron chi connectivity index (χ1n) is 5.41. The van der Waals surface area contributed by atoms with Gasteiger partial charge in [0, 0.05) is 4.47 Å². The van der Waals surface area contributed by atoms with Gasteiger partial charge in [0.05, 0.1) is 10.6 Å². The number of halogens is 3. The normalized spacial score (nSPS) is 11.4. The Morgan fingerprint density at radius 2 is 1.95 bits per heavy atom. The lowest BCUT2D eigenvalue weighted by Crippen LogP contribution is -2.14. The van der Waals surface area contributed by atoms with Crippen LogP contribution in [-0.4, -0.2) is 11.0 Å². The predicted molar refractivity (Wildman–Crippen MR) is 78.1 cm³/mol. The number of nitrogens with two attached hydrogens (primary N) is 1. The van der Waals surface area contributed by atoms with E-state index in [4.69, 9.17) is 27.3 Å². The second kappa shape index (κ2) is 6.11. The van der Waals surface area contributed by atoms with Crippen LogP contribution in [0.25, 0.3) is 0 Å². The Bertz CT molecular complexity index is 679. The van der Waals surface area contributed by atoms with E-state index >= 15 is 0 Å². The lowest BCUT2D eigenvalue weighted by atomic mass is 10.2. The van der Waals surface area contributed by atoms with E-state index in [0.29, 0.717) is 11.3 Å². The zero-order valence-electron chi connectivity index (χ0n) is 9.98. The summed E-state index contributed by atoms with van der Waals surface area (Å²) in [6.45, 7) is 0. The van der Waals surface area contributed by atoms with Gasteiger partial charge in [0.25, 0.3) is 0 Å². The van der Waals surface area contributed by atoms with Crippen LogP contribution in [0, 0.1) is 5.82 Å². The number of hydrogen-bond acceptors (Lipinski definition) is 3. The van der Waals surface area contributed by atoms with Crippen LogP contribution in [-0.2, 0) is 0 Å². The Hall–Kier alpha value is -1.79. The Morgan fingerprint density at radius 3 is 2.60 bits per heavy atom. The van der Waals surface area contributed by atoms with Crippen LogP contribution in [0.2, 0.25) is 5.02 Å². The van der Waals surface area contributed by atoms with Gasteiger partial charge in [-0.1, -0.05) is 32.7 Å². The fourth-order valence-electron chi connectivity index (χ4n) is 1.52. The number of oxime groups is 1. The lowest BCUT2D eigenvalue weighted by molar-refractivity contribution is 0.318. The van der Waals surface area contributed by atoms with Crippen LogP contribution in [0.5, 0.6) is 11.5 Å². The molecule has 0 spiro atoms. The number of benzene rings is 2. The summed E-state index contributed by atoms with van der Waals surface area (Å²) >= 11 is 9.17. The van der Waals surface area contributed by atoms with E-state index < -0.39 is 5.82 Å². The third-order valence-corrected chi connectivity index (χ3v) is 3.23. The Kier molecular flexibility index (Phi) is 4.46. The van der Waals surface area contributed by atoms with E-state index in [0.717, 1.165) is 10.5 Å². The zero-order chi connectivity index (χ0) is 14.7. The minimum atomic E-state index is -0.463. The van der Waals surface area contributed by atoms with Crippen LogP contribution < -0.4 is 10.5 Å². The highest BCUT2D eigenvalue weighted by molar-refractivity contribution is 9.10. The SMILES string of the molecule is N/C(=N/O)c1cc(Br)ccc1Oc1ccc(F)cc1Cl. The van der Waals surface area contributed by atoms with Crippen molar-refractivity contribution in [2.75, 3.05) is 0 Å². The molecule has 0 aliphatic heterocycles. The summed E-state index contributed by atoms with van der Waals surface area (Å²) in [6.07, 6.45) is 0. The van der Waals surface area contributed by atoms with Gasteiger partial charge >= 0.3 is 0 Å². The average molecular weight is 360 g/mol. The smallest absolute Gasteiger partial charge is 0.173 e. The number of hydrogen-bond donors (Lipinski definition) is 2. The molecule has 104 valence electrons. The van der Waals surface area contributed by atoms with E-state index in [1.165, 1.54) is 12.1 Å². The molecule has 0 radical (unpaired) electrons. The zero-order valence-corrected chi connectivity index (χ0v) is 12.3. The Labute approximate surface area is 127 Å². The fraction of sp³-hybridized carbons (Fsp3) is 0. The topological polar surface area (TPSA) is 67.8 Å². The maximum absolute atomic E-state index is 13.0.